The second-order valence-electron chi connectivity index (χ2n) is 5.51. The van der Waals surface area contributed by atoms with Crippen LogP contribution in [-0.2, 0) is 0 Å². The van der Waals surface area contributed by atoms with Gasteiger partial charge in [-0.2, -0.15) is 4.98 Å². The highest BCUT2D eigenvalue weighted by molar-refractivity contribution is 5.46. The molecule has 0 bridgehead atoms. The van der Waals surface area contributed by atoms with E-state index in [-0.39, 0.29) is 0 Å². The minimum absolute atomic E-state index is 0.849. The molecule has 0 atom stereocenters. The molecule has 1 saturated heterocycles. The SMILES string of the molecule is CCN(CC)c1nc(C)cc(N2CCC(C)CC2)n1. The lowest BCUT2D eigenvalue weighted by molar-refractivity contribution is 0.436. The molecule has 1 aliphatic heterocycles. The average molecular weight is 262 g/mol. The second kappa shape index (κ2) is 6.22. The fourth-order valence-electron chi connectivity index (χ4n) is 2.58. The Bertz CT molecular complexity index is 407. The van der Waals surface area contributed by atoms with Crippen LogP contribution in [0.4, 0.5) is 11.8 Å². The van der Waals surface area contributed by atoms with Crippen molar-refractivity contribution in [2.24, 2.45) is 5.92 Å². The lowest BCUT2D eigenvalue weighted by Crippen LogP contribution is -2.34. The molecule has 0 N–H and O–H groups in total. The van der Waals surface area contributed by atoms with Gasteiger partial charge in [0.2, 0.25) is 5.95 Å². The predicted octanol–water partition coefficient (Wildman–Crippen LogP) is 2.87. The third kappa shape index (κ3) is 3.37. The van der Waals surface area contributed by atoms with E-state index < -0.39 is 0 Å². The maximum absolute atomic E-state index is 4.77. The molecule has 19 heavy (non-hydrogen) atoms. The lowest BCUT2D eigenvalue weighted by Gasteiger charge is -2.32. The number of aromatic nitrogens is 2. The number of hydrogen-bond donors (Lipinski definition) is 0. The van der Waals surface area contributed by atoms with Crippen molar-refractivity contribution in [3.05, 3.63) is 11.8 Å². The van der Waals surface area contributed by atoms with E-state index in [1.807, 2.05) is 0 Å². The summed E-state index contributed by atoms with van der Waals surface area (Å²) < 4.78 is 0. The molecule has 2 rings (SSSR count). The Morgan fingerprint density at radius 1 is 1.21 bits per heavy atom. The number of hydrogen-bond acceptors (Lipinski definition) is 4. The molecule has 0 radical (unpaired) electrons. The van der Waals surface area contributed by atoms with Crippen molar-refractivity contribution in [1.82, 2.24) is 9.97 Å². The summed E-state index contributed by atoms with van der Waals surface area (Å²) in [5.74, 6) is 2.82. The maximum Gasteiger partial charge on any atom is 0.227 e. The Labute approximate surface area is 116 Å². The van der Waals surface area contributed by atoms with Crippen molar-refractivity contribution in [3.8, 4) is 0 Å². The number of nitrogens with zero attached hydrogens (tertiary/aromatic N) is 4. The highest BCUT2D eigenvalue weighted by Gasteiger charge is 2.18. The van der Waals surface area contributed by atoms with Crippen molar-refractivity contribution in [1.29, 1.82) is 0 Å². The summed E-state index contributed by atoms with van der Waals surface area (Å²) in [6.07, 6.45) is 2.54. The molecular weight excluding hydrogens is 236 g/mol. The van der Waals surface area contributed by atoms with Crippen molar-refractivity contribution < 1.29 is 0 Å². The molecule has 0 unspecified atom stereocenters. The van der Waals surface area contributed by atoms with Gasteiger partial charge in [-0.15, -0.1) is 0 Å². The summed E-state index contributed by atoms with van der Waals surface area (Å²) in [5, 5.41) is 0. The van der Waals surface area contributed by atoms with Crippen LogP contribution >= 0.6 is 0 Å². The first-order valence-corrected chi connectivity index (χ1v) is 7.49. The number of rotatable bonds is 4. The van der Waals surface area contributed by atoms with Crippen molar-refractivity contribution in [2.75, 3.05) is 36.0 Å². The first kappa shape index (κ1) is 14.1. The highest BCUT2D eigenvalue weighted by atomic mass is 15.3. The van der Waals surface area contributed by atoms with Gasteiger partial charge >= 0.3 is 0 Å². The molecular formula is C15H26N4. The van der Waals surface area contributed by atoms with Gasteiger partial charge in [0.25, 0.3) is 0 Å². The van der Waals surface area contributed by atoms with Crippen LogP contribution in [0.1, 0.15) is 39.3 Å². The molecule has 0 aliphatic carbocycles. The molecule has 1 aliphatic rings. The van der Waals surface area contributed by atoms with E-state index in [1.54, 1.807) is 0 Å². The quantitative estimate of drug-likeness (QED) is 0.835. The van der Waals surface area contributed by atoms with Crippen LogP contribution in [0.25, 0.3) is 0 Å². The molecule has 106 valence electrons. The number of aryl methyl sites for hydroxylation is 1. The molecule has 2 heterocycles. The molecule has 4 nitrogen and oxygen atoms in total. The van der Waals surface area contributed by atoms with Gasteiger partial charge in [0.05, 0.1) is 0 Å². The Morgan fingerprint density at radius 3 is 2.42 bits per heavy atom. The van der Waals surface area contributed by atoms with Crippen LogP contribution in [0.5, 0.6) is 0 Å². The second-order valence-corrected chi connectivity index (χ2v) is 5.51. The first-order chi connectivity index (χ1) is 9.13. The summed E-state index contributed by atoms with van der Waals surface area (Å²) in [6.45, 7) is 12.8. The van der Waals surface area contributed by atoms with E-state index in [0.717, 1.165) is 49.6 Å². The third-order valence-corrected chi connectivity index (χ3v) is 3.98. The zero-order valence-corrected chi connectivity index (χ0v) is 12.7. The highest BCUT2D eigenvalue weighted by Crippen LogP contribution is 2.23. The smallest absolute Gasteiger partial charge is 0.227 e. The zero-order chi connectivity index (χ0) is 13.8. The van der Waals surface area contributed by atoms with Gasteiger partial charge < -0.3 is 9.80 Å². The van der Waals surface area contributed by atoms with Crippen molar-refractivity contribution in [2.45, 2.75) is 40.5 Å². The van der Waals surface area contributed by atoms with Gasteiger partial charge in [0.15, 0.2) is 0 Å². The minimum atomic E-state index is 0.849. The van der Waals surface area contributed by atoms with Crippen molar-refractivity contribution >= 4 is 11.8 Å². The third-order valence-electron chi connectivity index (χ3n) is 3.98. The molecule has 1 aromatic heterocycles. The lowest BCUT2D eigenvalue weighted by atomic mass is 9.99. The van der Waals surface area contributed by atoms with Crippen LogP contribution in [-0.4, -0.2) is 36.1 Å². The van der Waals surface area contributed by atoms with Gasteiger partial charge in [-0.3, -0.25) is 0 Å². The molecule has 0 amide bonds. The molecule has 0 saturated carbocycles. The minimum Gasteiger partial charge on any atom is -0.356 e. The number of anilines is 2. The van der Waals surface area contributed by atoms with Gasteiger partial charge in [-0.25, -0.2) is 4.98 Å². The van der Waals surface area contributed by atoms with Gasteiger partial charge in [-0.1, -0.05) is 6.92 Å². The largest absolute Gasteiger partial charge is 0.356 e. The van der Waals surface area contributed by atoms with Gasteiger partial charge in [0.1, 0.15) is 5.82 Å². The molecule has 4 heteroatoms. The van der Waals surface area contributed by atoms with Crippen LogP contribution in [0.15, 0.2) is 6.07 Å². The van der Waals surface area contributed by atoms with E-state index in [4.69, 9.17) is 4.98 Å². The summed E-state index contributed by atoms with van der Waals surface area (Å²) >= 11 is 0. The van der Waals surface area contributed by atoms with E-state index in [9.17, 15) is 0 Å². The molecule has 1 aromatic rings. The topological polar surface area (TPSA) is 32.3 Å². The zero-order valence-electron chi connectivity index (χ0n) is 12.7. The van der Waals surface area contributed by atoms with E-state index in [1.165, 1.54) is 12.8 Å². The van der Waals surface area contributed by atoms with Crippen molar-refractivity contribution in [3.63, 3.8) is 0 Å². The van der Waals surface area contributed by atoms with E-state index in [0.29, 0.717) is 0 Å². The predicted molar refractivity (Wildman–Crippen MR) is 80.9 cm³/mol. The Balaban J connectivity index is 2.21. The average Bonchev–Trinajstić information content (AvgIpc) is 2.40. The summed E-state index contributed by atoms with van der Waals surface area (Å²) in [6, 6.07) is 2.11. The standard InChI is InChI=1S/C15H26N4/c1-5-18(6-2)15-16-13(4)11-14(17-15)19-9-7-12(3)8-10-19/h11-12H,5-10H2,1-4H3. The summed E-state index contributed by atoms with van der Waals surface area (Å²) in [5.41, 5.74) is 1.06. The Kier molecular flexibility index (Phi) is 4.61. The van der Waals surface area contributed by atoms with E-state index in [2.05, 4.69) is 48.5 Å². The maximum atomic E-state index is 4.77. The van der Waals surface area contributed by atoms with Crippen LogP contribution < -0.4 is 9.80 Å². The molecule has 0 spiro atoms. The summed E-state index contributed by atoms with van der Waals surface area (Å²) in [7, 11) is 0. The van der Waals surface area contributed by atoms with Gasteiger partial charge in [-0.05, 0) is 39.5 Å². The summed E-state index contributed by atoms with van der Waals surface area (Å²) in [4.78, 5) is 14.0. The molecule has 1 fully saturated rings. The number of piperidine rings is 1. The Hall–Kier alpha value is -1.32. The van der Waals surface area contributed by atoms with Crippen LogP contribution in [0.2, 0.25) is 0 Å². The Morgan fingerprint density at radius 2 is 1.84 bits per heavy atom. The monoisotopic (exact) mass is 262 g/mol. The first-order valence-electron chi connectivity index (χ1n) is 7.49. The fourth-order valence-corrected chi connectivity index (χ4v) is 2.58. The normalized spacial score (nSPS) is 16.7. The van der Waals surface area contributed by atoms with Crippen LogP contribution in [0, 0.1) is 12.8 Å². The molecule has 0 aromatic carbocycles. The van der Waals surface area contributed by atoms with E-state index >= 15 is 0 Å². The van der Waals surface area contributed by atoms with Crippen LogP contribution in [0.3, 0.4) is 0 Å². The fraction of sp³-hybridized carbons (Fsp3) is 0.733. The van der Waals surface area contributed by atoms with Gasteiger partial charge in [0, 0.05) is 37.9 Å².